The zero-order valence-electron chi connectivity index (χ0n) is 9.71. The van der Waals surface area contributed by atoms with Crippen molar-refractivity contribution in [1.29, 1.82) is 5.26 Å². The summed E-state index contributed by atoms with van der Waals surface area (Å²) in [5.41, 5.74) is 0.410. The second-order valence-electron chi connectivity index (χ2n) is 4.28. The van der Waals surface area contributed by atoms with Gasteiger partial charge in [-0.1, -0.05) is 31.5 Å². The molecule has 17 heavy (non-hydrogen) atoms. The number of carbonyl (C=O) groups is 1. The summed E-state index contributed by atoms with van der Waals surface area (Å²) in [7, 11) is 0. The normalized spacial score (nSPS) is 12.2. The fourth-order valence-corrected chi connectivity index (χ4v) is 2.16. The van der Waals surface area contributed by atoms with Crippen LogP contribution in [0.1, 0.15) is 30.6 Å². The summed E-state index contributed by atoms with van der Waals surface area (Å²) in [5, 5.41) is 9.42. The second-order valence-corrected chi connectivity index (χ2v) is 5.51. The molecule has 1 atom stereocenters. The summed E-state index contributed by atoms with van der Waals surface area (Å²) in [6, 6.07) is 7.22. The van der Waals surface area contributed by atoms with Gasteiger partial charge in [0.1, 0.15) is 5.92 Å². The Labute approximate surface area is 115 Å². The predicted octanol–water partition coefficient (Wildman–Crippen LogP) is 4.47. The maximum atomic E-state index is 12.2. The van der Waals surface area contributed by atoms with E-state index in [2.05, 4.69) is 22.0 Å². The molecule has 0 saturated heterocycles. The topological polar surface area (TPSA) is 40.9 Å². The molecule has 1 aromatic rings. The van der Waals surface area contributed by atoms with Gasteiger partial charge in [0.15, 0.2) is 5.78 Å². The first kappa shape index (κ1) is 14.2. The summed E-state index contributed by atoms with van der Waals surface area (Å²) in [6.07, 6.45) is 0.554. The Kier molecular flexibility index (Phi) is 5.17. The van der Waals surface area contributed by atoms with Crippen molar-refractivity contribution in [2.24, 2.45) is 11.8 Å². The molecule has 90 valence electrons. The Balaban J connectivity index is 3.03. The van der Waals surface area contributed by atoms with Crippen LogP contribution >= 0.6 is 27.5 Å². The lowest BCUT2D eigenvalue weighted by Crippen LogP contribution is -2.15. The fraction of sp³-hybridized carbons (Fsp3) is 0.385. The molecule has 0 aliphatic carbocycles. The highest BCUT2D eigenvalue weighted by atomic mass is 79.9. The van der Waals surface area contributed by atoms with E-state index in [0.29, 0.717) is 27.4 Å². The van der Waals surface area contributed by atoms with Crippen LogP contribution in [0.5, 0.6) is 0 Å². The van der Waals surface area contributed by atoms with Gasteiger partial charge in [-0.15, -0.1) is 0 Å². The van der Waals surface area contributed by atoms with Gasteiger partial charge in [0, 0.05) is 10.0 Å². The molecule has 1 aromatic carbocycles. The molecule has 0 aromatic heterocycles. The van der Waals surface area contributed by atoms with Gasteiger partial charge in [-0.2, -0.15) is 5.26 Å². The van der Waals surface area contributed by atoms with E-state index in [4.69, 9.17) is 16.9 Å². The molecule has 4 heteroatoms. The molecule has 0 fully saturated rings. The van der Waals surface area contributed by atoms with Crippen LogP contribution in [0.3, 0.4) is 0 Å². The third-order valence-electron chi connectivity index (χ3n) is 2.40. The van der Waals surface area contributed by atoms with E-state index in [1.54, 1.807) is 18.2 Å². The Bertz CT molecular complexity index is 465. The van der Waals surface area contributed by atoms with Crippen LogP contribution in [0, 0.1) is 23.2 Å². The highest BCUT2D eigenvalue weighted by Gasteiger charge is 2.23. The van der Waals surface area contributed by atoms with Crippen molar-refractivity contribution in [3.8, 4) is 6.07 Å². The fourth-order valence-electron chi connectivity index (χ4n) is 1.57. The number of Topliss-reactive ketones (excluding diaryl/α,β-unsaturated/α-hetero) is 1. The number of ketones is 1. The van der Waals surface area contributed by atoms with Crippen LogP contribution in [-0.4, -0.2) is 5.78 Å². The molecule has 1 rings (SSSR count). The molecule has 0 amide bonds. The lowest BCUT2D eigenvalue weighted by Gasteiger charge is -2.12. The summed E-state index contributed by atoms with van der Waals surface area (Å²) >= 11 is 9.32. The lowest BCUT2D eigenvalue weighted by atomic mass is 9.91. The number of nitriles is 1. The molecule has 0 saturated carbocycles. The van der Waals surface area contributed by atoms with E-state index >= 15 is 0 Å². The maximum Gasteiger partial charge on any atom is 0.181 e. The minimum absolute atomic E-state index is 0.201. The summed E-state index contributed by atoms with van der Waals surface area (Å²) < 4.78 is 0.672. The molecule has 0 radical (unpaired) electrons. The molecule has 1 unspecified atom stereocenters. The van der Waals surface area contributed by atoms with Crippen LogP contribution in [0.15, 0.2) is 22.7 Å². The SMILES string of the molecule is CC(C)CC(C#N)C(=O)c1cccc(Br)c1Cl. The molecule has 0 aliphatic heterocycles. The minimum atomic E-state index is -0.623. The van der Waals surface area contributed by atoms with Gasteiger partial charge in [-0.3, -0.25) is 4.79 Å². The predicted molar refractivity (Wildman–Crippen MR) is 72.0 cm³/mol. The van der Waals surface area contributed by atoms with Crippen LogP contribution < -0.4 is 0 Å². The quantitative estimate of drug-likeness (QED) is 0.769. The lowest BCUT2D eigenvalue weighted by molar-refractivity contribution is 0.0937. The largest absolute Gasteiger partial charge is 0.293 e. The summed E-state index contributed by atoms with van der Waals surface area (Å²) in [6.45, 7) is 3.97. The number of hydrogen-bond acceptors (Lipinski definition) is 2. The average molecular weight is 315 g/mol. The molecular formula is C13H13BrClNO. The van der Waals surface area contributed by atoms with Crippen LogP contribution in [-0.2, 0) is 0 Å². The smallest absolute Gasteiger partial charge is 0.181 e. The number of carbonyl (C=O) groups excluding carboxylic acids is 1. The zero-order valence-corrected chi connectivity index (χ0v) is 12.0. The summed E-state index contributed by atoms with van der Waals surface area (Å²) in [5.74, 6) is -0.524. The molecule has 0 heterocycles. The van der Waals surface area contributed by atoms with Crippen molar-refractivity contribution in [3.05, 3.63) is 33.3 Å². The van der Waals surface area contributed by atoms with Crippen molar-refractivity contribution in [2.75, 3.05) is 0 Å². The van der Waals surface area contributed by atoms with Crippen molar-refractivity contribution < 1.29 is 4.79 Å². The van der Waals surface area contributed by atoms with Crippen molar-refractivity contribution in [3.63, 3.8) is 0 Å². The first-order chi connectivity index (χ1) is 7.97. The van der Waals surface area contributed by atoms with Gasteiger partial charge < -0.3 is 0 Å². The highest BCUT2D eigenvalue weighted by Crippen LogP contribution is 2.29. The monoisotopic (exact) mass is 313 g/mol. The first-order valence-electron chi connectivity index (χ1n) is 5.35. The third kappa shape index (κ3) is 3.55. The van der Waals surface area contributed by atoms with Crippen LogP contribution in [0.2, 0.25) is 5.02 Å². The van der Waals surface area contributed by atoms with E-state index in [1.165, 1.54) is 0 Å². The van der Waals surface area contributed by atoms with Gasteiger partial charge in [-0.25, -0.2) is 0 Å². The average Bonchev–Trinajstić information content (AvgIpc) is 2.28. The van der Waals surface area contributed by atoms with Gasteiger partial charge in [0.25, 0.3) is 0 Å². The number of halogens is 2. The van der Waals surface area contributed by atoms with Crippen LogP contribution in [0.25, 0.3) is 0 Å². The maximum absolute atomic E-state index is 12.2. The van der Waals surface area contributed by atoms with E-state index in [9.17, 15) is 4.79 Å². The number of hydrogen-bond donors (Lipinski definition) is 0. The second kappa shape index (κ2) is 6.18. The Morgan fingerprint density at radius 1 is 1.53 bits per heavy atom. The highest BCUT2D eigenvalue weighted by molar-refractivity contribution is 9.10. The zero-order chi connectivity index (χ0) is 13.0. The van der Waals surface area contributed by atoms with Gasteiger partial charge in [0.05, 0.1) is 11.1 Å². The Morgan fingerprint density at radius 2 is 2.18 bits per heavy atom. The van der Waals surface area contributed by atoms with Gasteiger partial charge in [0.2, 0.25) is 0 Å². The third-order valence-corrected chi connectivity index (χ3v) is 3.69. The Hall–Kier alpha value is -0.850. The minimum Gasteiger partial charge on any atom is -0.293 e. The van der Waals surface area contributed by atoms with E-state index in [-0.39, 0.29) is 5.78 Å². The van der Waals surface area contributed by atoms with E-state index < -0.39 is 5.92 Å². The molecule has 0 bridgehead atoms. The molecule has 0 aliphatic rings. The Morgan fingerprint density at radius 3 is 2.71 bits per heavy atom. The molecule has 0 N–H and O–H groups in total. The molecule has 2 nitrogen and oxygen atoms in total. The molecular weight excluding hydrogens is 302 g/mol. The van der Waals surface area contributed by atoms with Crippen molar-refractivity contribution in [1.82, 2.24) is 0 Å². The van der Waals surface area contributed by atoms with Crippen molar-refractivity contribution >= 4 is 33.3 Å². The van der Waals surface area contributed by atoms with Crippen LogP contribution in [0.4, 0.5) is 0 Å². The summed E-state index contributed by atoms with van der Waals surface area (Å²) in [4.78, 5) is 12.2. The number of rotatable bonds is 4. The van der Waals surface area contributed by atoms with E-state index in [0.717, 1.165) is 0 Å². The van der Waals surface area contributed by atoms with Crippen molar-refractivity contribution in [2.45, 2.75) is 20.3 Å². The number of benzene rings is 1. The number of nitrogens with zero attached hydrogens (tertiary/aromatic N) is 1. The van der Waals surface area contributed by atoms with Gasteiger partial charge in [-0.05, 0) is 40.4 Å². The molecule has 0 spiro atoms. The van der Waals surface area contributed by atoms with Gasteiger partial charge >= 0.3 is 0 Å². The standard InChI is InChI=1S/C13H13BrClNO/c1-8(2)6-9(7-16)13(17)10-4-3-5-11(14)12(10)15/h3-5,8-9H,6H2,1-2H3. The first-order valence-corrected chi connectivity index (χ1v) is 6.52. The van der Waals surface area contributed by atoms with E-state index in [1.807, 2.05) is 13.8 Å².